The molecule has 1 aliphatic heterocycles. The van der Waals surface area contributed by atoms with Gasteiger partial charge in [0.2, 0.25) is 0 Å². The fourth-order valence-electron chi connectivity index (χ4n) is 2.70. The molecule has 0 atom stereocenters. The standard InChI is InChI=1S/C15H22N4O3.ClH/c1-3-16-9-12-4-6-18(7-5-12)15(20)14-8-13(19(21)22)10-17-11(14)2;/h8,10,12,16H,3-7,9H2,1-2H3;1H. The summed E-state index contributed by atoms with van der Waals surface area (Å²) in [6.45, 7) is 7.10. The van der Waals surface area contributed by atoms with E-state index in [0.29, 0.717) is 30.3 Å². The predicted octanol–water partition coefficient (Wildman–Crippen LogP) is 2.18. The molecule has 1 amide bonds. The fourth-order valence-corrected chi connectivity index (χ4v) is 2.70. The van der Waals surface area contributed by atoms with Crippen LogP contribution in [0.3, 0.4) is 0 Å². The molecule has 128 valence electrons. The van der Waals surface area contributed by atoms with E-state index in [0.717, 1.165) is 25.9 Å². The van der Waals surface area contributed by atoms with E-state index >= 15 is 0 Å². The number of amides is 1. The van der Waals surface area contributed by atoms with Crippen LogP contribution in [0.15, 0.2) is 12.3 Å². The van der Waals surface area contributed by atoms with Crippen molar-refractivity contribution in [3.8, 4) is 0 Å². The summed E-state index contributed by atoms with van der Waals surface area (Å²) in [5, 5.41) is 14.2. The van der Waals surface area contributed by atoms with Crippen molar-refractivity contribution in [3.63, 3.8) is 0 Å². The molecule has 0 aliphatic carbocycles. The van der Waals surface area contributed by atoms with Gasteiger partial charge in [0.15, 0.2) is 0 Å². The normalized spacial score (nSPS) is 15.1. The van der Waals surface area contributed by atoms with Crippen molar-refractivity contribution in [1.29, 1.82) is 0 Å². The summed E-state index contributed by atoms with van der Waals surface area (Å²) < 4.78 is 0. The first-order valence-electron chi connectivity index (χ1n) is 7.64. The van der Waals surface area contributed by atoms with Crippen molar-refractivity contribution < 1.29 is 9.72 Å². The third-order valence-electron chi connectivity index (χ3n) is 4.10. The van der Waals surface area contributed by atoms with Crippen molar-refractivity contribution in [2.45, 2.75) is 26.7 Å². The van der Waals surface area contributed by atoms with Crippen molar-refractivity contribution in [2.24, 2.45) is 5.92 Å². The lowest BCUT2D eigenvalue weighted by atomic mass is 9.96. The number of pyridine rings is 1. The van der Waals surface area contributed by atoms with E-state index in [-0.39, 0.29) is 24.0 Å². The Labute approximate surface area is 142 Å². The molecule has 23 heavy (non-hydrogen) atoms. The summed E-state index contributed by atoms with van der Waals surface area (Å²) in [5.74, 6) is 0.434. The third kappa shape index (κ3) is 4.87. The van der Waals surface area contributed by atoms with Crippen LogP contribution < -0.4 is 5.32 Å². The Morgan fingerprint density at radius 3 is 2.70 bits per heavy atom. The first-order chi connectivity index (χ1) is 10.5. The zero-order valence-corrected chi connectivity index (χ0v) is 14.3. The Balaban J connectivity index is 0.00000264. The second-order valence-electron chi connectivity index (χ2n) is 5.63. The molecule has 1 fully saturated rings. The molecule has 8 heteroatoms. The van der Waals surface area contributed by atoms with Gasteiger partial charge in [-0.15, -0.1) is 12.4 Å². The van der Waals surface area contributed by atoms with Gasteiger partial charge < -0.3 is 10.2 Å². The van der Waals surface area contributed by atoms with E-state index < -0.39 is 4.92 Å². The summed E-state index contributed by atoms with van der Waals surface area (Å²) in [7, 11) is 0. The highest BCUT2D eigenvalue weighted by Gasteiger charge is 2.25. The number of aromatic nitrogens is 1. The number of likely N-dealkylation sites (tertiary alicyclic amines) is 1. The number of hydrogen-bond donors (Lipinski definition) is 1. The molecule has 0 bridgehead atoms. The minimum absolute atomic E-state index is 0. The van der Waals surface area contributed by atoms with Crippen molar-refractivity contribution in [1.82, 2.24) is 15.2 Å². The van der Waals surface area contributed by atoms with Crippen LogP contribution in [0.5, 0.6) is 0 Å². The van der Waals surface area contributed by atoms with Crippen LogP contribution in [0.25, 0.3) is 0 Å². The predicted molar refractivity (Wildman–Crippen MR) is 90.0 cm³/mol. The van der Waals surface area contributed by atoms with Gasteiger partial charge in [-0.05, 0) is 38.8 Å². The Hall–Kier alpha value is -1.73. The maximum Gasteiger partial charge on any atom is 0.288 e. The summed E-state index contributed by atoms with van der Waals surface area (Å²) in [6, 6.07) is 1.33. The van der Waals surface area contributed by atoms with Gasteiger partial charge in [0, 0.05) is 19.2 Å². The smallest absolute Gasteiger partial charge is 0.288 e. The zero-order chi connectivity index (χ0) is 16.1. The van der Waals surface area contributed by atoms with E-state index in [1.54, 1.807) is 11.8 Å². The van der Waals surface area contributed by atoms with Crippen LogP contribution in [0.4, 0.5) is 5.69 Å². The number of piperidine rings is 1. The number of nitrogens with zero attached hydrogens (tertiary/aromatic N) is 3. The molecule has 0 radical (unpaired) electrons. The van der Waals surface area contributed by atoms with Crippen LogP contribution in [-0.4, -0.2) is 46.9 Å². The average Bonchev–Trinajstić information content (AvgIpc) is 2.53. The van der Waals surface area contributed by atoms with Gasteiger partial charge in [0.25, 0.3) is 11.6 Å². The van der Waals surface area contributed by atoms with Gasteiger partial charge in [0.1, 0.15) is 6.20 Å². The van der Waals surface area contributed by atoms with Crippen molar-refractivity contribution in [2.75, 3.05) is 26.2 Å². The molecule has 0 saturated carbocycles. The van der Waals surface area contributed by atoms with E-state index in [1.807, 2.05) is 0 Å². The van der Waals surface area contributed by atoms with Gasteiger partial charge >= 0.3 is 0 Å². The first-order valence-corrected chi connectivity index (χ1v) is 7.64. The summed E-state index contributed by atoms with van der Waals surface area (Å²) >= 11 is 0. The summed E-state index contributed by atoms with van der Waals surface area (Å²) in [5.41, 5.74) is 0.723. The first kappa shape index (κ1) is 19.3. The van der Waals surface area contributed by atoms with Gasteiger partial charge in [-0.2, -0.15) is 0 Å². The van der Waals surface area contributed by atoms with E-state index in [9.17, 15) is 14.9 Å². The maximum absolute atomic E-state index is 12.6. The molecule has 2 rings (SSSR count). The molecular formula is C15H23ClN4O3. The lowest BCUT2D eigenvalue weighted by Gasteiger charge is -2.32. The number of nitro groups is 1. The summed E-state index contributed by atoms with van der Waals surface area (Å²) in [4.78, 5) is 28.6. The Morgan fingerprint density at radius 2 is 2.13 bits per heavy atom. The van der Waals surface area contributed by atoms with E-state index in [2.05, 4.69) is 17.2 Å². The number of halogens is 1. The van der Waals surface area contributed by atoms with Crippen LogP contribution >= 0.6 is 12.4 Å². The van der Waals surface area contributed by atoms with Gasteiger partial charge in [0.05, 0.1) is 16.2 Å². The number of hydrogen-bond acceptors (Lipinski definition) is 5. The van der Waals surface area contributed by atoms with Crippen molar-refractivity contribution >= 4 is 24.0 Å². The number of carbonyl (C=O) groups excluding carboxylic acids is 1. The maximum atomic E-state index is 12.6. The molecule has 0 spiro atoms. The molecule has 7 nitrogen and oxygen atoms in total. The highest BCUT2D eigenvalue weighted by atomic mass is 35.5. The van der Waals surface area contributed by atoms with Crippen LogP contribution in [0, 0.1) is 23.0 Å². The SMILES string of the molecule is CCNCC1CCN(C(=O)c2cc([N+](=O)[O-])cnc2C)CC1.Cl. The highest BCUT2D eigenvalue weighted by molar-refractivity contribution is 5.95. The zero-order valence-electron chi connectivity index (χ0n) is 13.4. The molecule has 1 aliphatic rings. The van der Waals surface area contributed by atoms with Crippen LogP contribution in [0.1, 0.15) is 35.8 Å². The van der Waals surface area contributed by atoms with Crippen LogP contribution in [-0.2, 0) is 0 Å². The summed E-state index contributed by atoms with van der Waals surface area (Å²) in [6.07, 6.45) is 3.11. The Kier molecular flexibility index (Phi) is 7.38. The van der Waals surface area contributed by atoms with Gasteiger partial charge in [-0.3, -0.25) is 19.9 Å². The molecule has 0 aromatic carbocycles. The number of aryl methyl sites for hydroxylation is 1. The third-order valence-corrected chi connectivity index (χ3v) is 4.10. The average molecular weight is 343 g/mol. The van der Waals surface area contributed by atoms with Gasteiger partial charge in [-0.25, -0.2) is 0 Å². The lowest BCUT2D eigenvalue weighted by Crippen LogP contribution is -2.41. The largest absolute Gasteiger partial charge is 0.339 e. The van der Waals surface area contributed by atoms with Gasteiger partial charge in [-0.1, -0.05) is 6.92 Å². The number of rotatable bonds is 5. The number of carbonyl (C=O) groups is 1. The molecule has 1 aromatic rings. The Bertz CT molecular complexity index is 560. The molecule has 1 N–H and O–H groups in total. The van der Waals surface area contributed by atoms with E-state index in [1.165, 1.54) is 12.3 Å². The lowest BCUT2D eigenvalue weighted by molar-refractivity contribution is -0.385. The fraction of sp³-hybridized carbons (Fsp3) is 0.600. The molecule has 1 saturated heterocycles. The quantitative estimate of drug-likeness (QED) is 0.654. The topological polar surface area (TPSA) is 88.4 Å². The molecular weight excluding hydrogens is 320 g/mol. The number of nitrogens with one attached hydrogen (secondary N) is 1. The molecule has 0 unspecified atom stereocenters. The second kappa shape index (κ2) is 8.79. The molecule has 1 aromatic heterocycles. The molecule has 2 heterocycles. The van der Waals surface area contributed by atoms with Crippen molar-refractivity contribution in [3.05, 3.63) is 33.6 Å². The highest BCUT2D eigenvalue weighted by Crippen LogP contribution is 2.21. The van der Waals surface area contributed by atoms with Crippen LogP contribution in [0.2, 0.25) is 0 Å². The van der Waals surface area contributed by atoms with E-state index in [4.69, 9.17) is 0 Å². The second-order valence-corrected chi connectivity index (χ2v) is 5.63. The minimum atomic E-state index is -0.522. The Morgan fingerprint density at radius 1 is 1.48 bits per heavy atom. The monoisotopic (exact) mass is 342 g/mol. The minimum Gasteiger partial charge on any atom is -0.339 e.